The standard InChI is InChI=1S/C12H12N2O2S/c13-8-10-9-14(10)12(15)16-6-7-17-11-4-2-1-3-5-11/h1-5,10H,6-7,9H2. The summed E-state index contributed by atoms with van der Waals surface area (Å²) in [5.74, 6) is 0.723. The van der Waals surface area contributed by atoms with Gasteiger partial charge in [0.05, 0.1) is 12.6 Å². The molecule has 0 aliphatic carbocycles. The van der Waals surface area contributed by atoms with Gasteiger partial charge in [-0.15, -0.1) is 11.8 Å². The van der Waals surface area contributed by atoms with Gasteiger partial charge in [0.15, 0.2) is 0 Å². The molecule has 1 saturated heterocycles. The normalized spacial score (nSPS) is 17.4. The fourth-order valence-corrected chi connectivity index (χ4v) is 2.09. The molecule has 0 spiro atoms. The topological polar surface area (TPSA) is 53.1 Å². The summed E-state index contributed by atoms with van der Waals surface area (Å²) in [7, 11) is 0. The molecule has 1 aliphatic heterocycles. The van der Waals surface area contributed by atoms with Gasteiger partial charge in [-0.2, -0.15) is 5.26 Å². The summed E-state index contributed by atoms with van der Waals surface area (Å²) in [6.07, 6.45) is -0.384. The summed E-state index contributed by atoms with van der Waals surface area (Å²) in [5, 5.41) is 8.54. The van der Waals surface area contributed by atoms with E-state index in [4.69, 9.17) is 10.00 Å². The lowest BCUT2D eigenvalue weighted by molar-refractivity contribution is 0.137. The Morgan fingerprint density at radius 3 is 2.94 bits per heavy atom. The quantitative estimate of drug-likeness (QED) is 0.465. The Labute approximate surface area is 104 Å². The van der Waals surface area contributed by atoms with E-state index >= 15 is 0 Å². The van der Waals surface area contributed by atoms with Crippen LogP contribution in [0.2, 0.25) is 0 Å². The molecule has 0 N–H and O–H groups in total. The highest BCUT2D eigenvalue weighted by molar-refractivity contribution is 7.99. The van der Waals surface area contributed by atoms with Crippen LogP contribution in [0.4, 0.5) is 4.79 Å². The molecular formula is C12H12N2O2S. The minimum Gasteiger partial charge on any atom is -0.448 e. The van der Waals surface area contributed by atoms with Crippen molar-refractivity contribution in [2.45, 2.75) is 10.9 Å². The van der Waals surface area contributed by atoms with Gasteiger partial charge in [-0.3, -0.25) is 4.90 Å². The predicted octanol–water partition coefficient (Wildman–Crippen LogP) is 2.12. The maximum absolute atomic E-state index is 11.3. The zero-order valence-electron chi connectivity index (χ0n) is 9.20. The first-order valence-corrected chi connectivity index (χ1v) is 6.30. The number of nitriles is 1. The van der Waals surface area contributed by atoms with Gasteiger partial charge in [-0.25, -0.2) is 4.79 Å². The van der Waals surface area contributed by atoms with Crippen LogP contribution in [-0.4, -0.2) is 35.9 Å². The first-order chi connectivity index (χ1) is 8.31. The van der Waals surface area contributed by atoms with Gasteiger partial charge in [-0.1, -0.05) is 18.2 Å². The van der Waals surface area contributed by atoms with Crippen molar-refractivity contribution < 1.29 is 9.53 Å². The zero-order valence-corrected chi connectivity index (χ0v) is 10.0. The Morgan fingerprint density at radius 2 is 2.29 bits per heavy atom. The maximum Gasteiger partial charge on any atom is 0.411 e. The second-order valence-electron chi connectivity index (χ2n) is 3.57. The molecule has 0 bridgehead atoms. The van der Waals surface area contributed by atoms with Crippen LogP contribution >= 0.6 is 11.8 Å². The zero-order chi connectivity index (χ0) is 12.1. The van der Waals surface area contributed by atoms with E-state index in [2.05, 4.69) is 0 Å². The number of rotatable bonds is 4. The summed E-state index contributed by atoms with van der Waals surface area (Å²) in [5.41, 5.74) is 0. The first-order valence-electron chi connectivity index (χ1n) is 5.32. The van der Waals surface area contributed by atoms with Crippen LogP contribution in [-0.2, 0) is 4.74 Å². The molecule has 0 radical (unpaired) electrons. The van der Waals surface area contributed by atoms with Crippen molar-refractivity contribution in [1.82, 2.24) is 4.90 Å². The molecule has 1 heterocycles. The third-order valence-corrected chi connectivity index (χ3v) is 3.29. The summed E-state index contributed by atoms with van der Waals surface area (Å²) in [4.78, 5) is 13.9. The number of amides is 1. The Kier molecular flexibility index (Phi) is 3.89. The molecule has 1 unspecified atom stereocenters. The Morgan fingerprint density at radius 1 is 1.53 bits per heavy atom. The monoisotopic (exact) mass is 248 g/mol. The third-order valence-electron chi connectivity index (χ3n) is 2.32. The van der Waals surface area contributed by atoms with E-state index in [1.807, 2.05) is 36.4 Å². The summed E-state index contributed by atoms with van der Waals surface area (Å²) in [6.45, 7) is 0.869. The average molecular weight is 248 g/mol. The summed E-state index contributed by atoms with van der Waals surface area (Å²) >= 11 is 1.64. The second kappa shape index (κ2) is 5.60. The number of hydrogen-bond donors (Lipinski definition) is 0. The maximum atomic E-state index is 11.3. The van der Waals surface area contributed by atoms with Crippen LogP contribution in [0.3, 0.4) is 0 Å². The van der Waals surface area contributed by atoms with Crippen molar-refractivity contribution >= 4 is 17.9 Å². The van der Waals surface area contributed by atoms with Gasteiger partial charge in [0.2, 0.25) is 0 Å². The van der Waals surface area contributed by atoms with Crippen LogP contribution < -0.4 is 0 Å². The average Bonchev–Trinajstić information content (AvgIpc) is 3.15. The van der Waals surface area contributed by atoms with Gasteiger partial charge in [0.1, 0.15) is 12.6 Å². The van der Waals surface area contributed by atoms with E-state index < -0.39 is 0 Å². The van der Waals surface area contributed by atoms with Gasteiger partial charge in [0.25, 0.3) is 0 Å². The Bertz CT molecular complexity index is 430. The number of ether oxygens (including phenoxy) is 1. The van der Waals surface area contributed by atoms with E-state index in [9.17, 15) is 4.79 Å². The van der Waals surface area contributed by atoms with Crippen LogP contribution in [0.1, 0.15) is 0 Å². The number of nitrogens with zero attached hydrogens (tertiary/aromatic N) is 2. The van der Waals surface area contributed by atoms with Gasteiger partial charge >= 0.3 is 6.09 Å². The Hall–Kier alpha value is -1.67. The molecule has 0 saturated carbocycles. The minimum atomic E-state index is -0.384. The second-order valence-corrected chi connectivity index (χ2v) is 4.74. The van der Waals surface area contributed by atoms with Crippen LogP contribution in [0.5, 0.6) is 0 Å². The predicted molar refractivity (Wildman–Crippen MR) is 64.6 cm³/mol. The molecule has 2 rings (SSSR count). The molecule has 1 aromatic rings. The van der Waals surface area contributed by atoms with Crippen LogP contribution in [0.25, 0.3) is 0 Å². The van der Waals surface area contributed by atoms with Crippen molar-refractivity contribution in [2.24, 2.45) is 0 Å². The Balaban J connectivity index is 1.61. The fraction of sp³-hybridized carbons (Fsp3) is 0.333. The van der Waals surface area contributed by atoms with E-state index in [0.29, 0.717) is 13.2 Å². The molecular weight excluding hydrogens is 236 g/mol. The minimum absolute atomic E-state index is 0.274. The van der Waals surface area contributed by atoms with Crippen LogP contribution in [0.15, 0.2) is 35.2 Å². The number of hydrogen-bond acceptors (Lipinski definition) is 4. The number of benzene rings is 1. The van der Waals surface area contributed by atoms with E-state index in [-0.39, 0.29) is 12.1 Å². The summed E-state index contributed by atoms with van der Waals surface area (Å²) in [6, 6.07) is 11.7. The SMILES string of the molecule is N#CC1CN1C(=O)OCCSc1ccccc1. The smallest absolute Gasteiger partial charge is 0.411 e. The van der Waals surface area contributed by atoms with E-state index in [0.717, 1.165) is 10.6 Å². The molecule has 1 fully saturated rings. The highest BCUT2D eigenvalue weighted by atomic mass is 32.2. The van der Waals surface area contributed by atoms with Gasteiger partial charge in [-0.05, 0) is 12.1 Å². The number of carbonyl (C=O) groups is 1. The highest BCUT2D eigenvalue weighted by Gasteiger charge is 2.39. The summed E-state index contributed by atoms with van der Waals surface area (Å²) < 4.78 is 5.03. The highest BCUT2D eigenvalue weighted by Crippen LogP contribution is 2.19. The van der Waals surface area contributed by atoms with E-state index in [1.165, 1.54) is 4.90 Å². The lowest BCUT2D eigenvalue weighted by Gasteiger charge is -2.05. The first kappa shape index (κ1) is 11.8. The molecule has 5 heteroatoms. The van der Waals surface area contributed by atoms with Crippen molar-refractivity contribution in [1.29, 1.82) is 5.26 Å². The fourth-order valence-electron chi connectivity index (χ4n) is 1.34. The molecule has 17 heavy (non-hydrogen) atoms. The number of thioether (sulfide) groups is 1. The van der Waals surface area contributed by atoms with Gasteiger partial charge in [0, 0.05) is 10.6 Å². The lowest BCUT2D eigenvalue weighted by Crippen LogP contribution is -2.16. The van der Waals surface area contributed by atoms with Crippen molar-refractivity contribution in [3.05, 3.63) is 30.3 Å². The van der Waals surface area contributed by atoms with Crippen molar-refractivity contribution in [3.8, 4) is 6.07 Å². The largest absolute Gasteiger partial charge is 0.448 e. The molecule has 88 valence electrons. The molecule has 1 atom stereocenters. The molecule has 1 amide bonds. The molecule has 0 aromatic heterocycles. The molecule has 4 nitrogen and oxygen atoms in total. The van der Waals surface area contributed by atoms with Gasteiger partial charge < -0.3 is 4.74 Å². The molecule has 1 aliphatic rings. The molecule has 1 aromatic carbocycles. The van der Waals surface area contributed by atoms with E-state index in [1.54, 1.807) is 11.8 Å². The third kappa shape index (κ3) is 3.40. The van der Waals surface area contributed by atoms with Crippen molar-refractivity contribution in [2.75, 3.05) is 18.9 Å². The van der Waals surface area contributed by atoms with Crippen molar-refractivity contribution in [3.63, 3.8) is 0 Å². The number of carbonyl (C=O) groups excluding carboxylic acids is 1. The van der Waals surface area contributed by atoms with Crippen LogP contribution in [0, 0.1) is 11.3 Å². The lowest BCUT2D eigenvalue weighted by atomic mass is 10.4.